The second-order valence-corrected chi connectivity index (χ2v) is 6.79. The van der Waals surface area contributed by atoms with Gasteiger partial charge in [0.05, 0.1) is 31.8 Å². The number of nitrogens with two attached hydrogens (primary N) is 1. The third-order valence-electron chi connectivity index (χ3n) is 4.12. The minimum absolute atomic E-state index is 0.0743. The molecule has 0 aliphatic carbocycles. The van der Waals surface area contributed by atoms with E-state index in [1.54, 1.807) is 6.92 Å². The van der Waals surface area contributed by atoms with Crippen LogP contribution in [0.4, 0.5) is 4.79 Å². The molecule has 0 spiro atoms. The van der Waals surface area contributed by atoms with E-state index in [4.69, 9.17) is 15.2 Å². The second-order valence-electron chi connectivity index (χ2n) is 6.79. The van der Waals surface area contributed by atoms with Gasteiger partial charge in [0, 0.05) is 12.0 Å². The van der Waals surface area contributed by atoms with Crippen LogP contribution in [0.5, 0.6) is 5.75 Å². The molecule has 1 amide bonds. The van der Waals surface area contributed by atoms with Gasteiger partial charge in [-0.25, -0.2) is 4.79 Å². The van der Waals surface area contributed by atoms with E-state index in [0.717, 1.165) is 24.2 Å². The van der Waals surface area contributed by atoms with Crippen LogP contribution in [0.15, 0.2) is 29.3 Å². The molecule has 1 aliphatic rings. The van der Waals surface area contributed by atoms with Gasteiger partial charge < -0.3 is 25.8 Å². The third-order valence-corrected chi connectivity index (χ3v) is 4.12. The number of nitrogens with zero attached hydrogens (tertiary/aromatic N) is 1. The molecular weight excluding hydrogens is 332 g/mol. The average molecular weight is 362 g/mol. The first kappa shape index (κ1) is 19.9. The maximum atomic E-state index is 11.7. The molecule has 2 atom stereocenters. The van der Waals surface area contributed by atoms with E-state index in [9.17, 15) is 4.79 Å². The highest BCUT2D eigenvalue weighted by Gasteiger charge is 2.21. The Kier molecular flexibility index (Phi) is 7.56. The molecule has 0 bridgehead atoms. The molecule has 2 unspecified atom stereocenters. The van der Waals surface area contributed by atoms with Crippen LogP contribution < -0.4 is 21.1 Å². The van der Waals surface area contributed by atoms with Crippen molar-refractivity contribution in [2.24, 2.45) is 16.6 Å². The predicted molar refractivity (Wildman–Crippen MR) is 102 cm³/mol. The number of rotatable bonds is 7. The van der Waals surface area contributed by atoms with Crippen molar-refractivity contribution in [3.8, 4) is 5.75 Å². The van der Waals surface area contributed by atoms with Crippen LogP contribution in [0.1, 0.15) is 45.2 Å². The molecule has 0 radical (unpaired) electrons. The van der Waals surface area contributed by atoms with Crippen LogP contribution in [0, 0.1) is 5.92 Å². The van der Waals surface area contributed by atoms with Crippen LogP contribution in [0.3, 0.4) is 0 Å². The van der Waals surface area contributed by atoms with Gasteiger partial charge in [-0.2, -0.15) is 0 Å². The number of aliphatic imine (C=N–C) groups is 1. The predicted octanol–water partition coefficient (Wildman–Crippen LogP) is 2.58. The smallest absolute Gasteiger partial charge is 0.407 e. The standard InChI is InChI=1S/C19H30N4O3/c1-4-25-19(24)22-14(11-13(2)3)12-21-18(20)23-16-9-10-26-17-8-6-5-7-15(16)17/h5-8,13-14,16H,4,9-12H2,1-3H3,(H,22,24)(H3,20,21,23). The third kappa shape index (κ3) is 6.13. The molecule has 7 heteroatoms. The number of carbonyl (C=O) groups excluding carboxylic acids is 1. The maximum Gasteiger partial charge on any atom is 0.407 e. The van der Waals surface area contributed by atoms with Crippen molar-refractivity contribution < 1.29 is 14.3 Å². The van der Waals surface area contributed by atoms with Gasteiger partial charge in [0.25, 0.3) is 0 Å². The van der Waals surface area contributed by atoms with E-state index in [-0.39, 0.29) is 12.1 Å². The summed E-state index contributed by atoms with van der Waals surface area (Å²) in [4.78, 5) is 16.1. The lowest BCUT2D eigenvalue weighted by Gasteiger charge is -2.27. The van der Waals surface area contributed by atoms with Crippen LogP contribution in [0.2, 0.25) is 0 Å². The molecule has 26 heavy (non-hydrogen) atoms. The monoisotopic (exact) mass is 362 g/mol. The van der Waals surface area contributed by atoms with Gasteiger partial charge in [-0.15, -0.1) is 0 Å². The molecule has 1 aromatic carbocycles. The van der Waals surface area contributed by atoms with Crippen molar-refractivity contribution in [2.75, 3.05) is 19.8 Å². The van der Waals surface area contributed by atoms with Gasteiger partial charge in [-0.3, -0.25) is 4.99 Å². The number of para-hydroxylation sites is 1. The molecule has 1 aromatic rings. The van der Waals surface area contributed by atoms with E-state index in [1.807, 2.05) is 24.3 Å². The highest BCUT2D eigenvalue weighted by Crippen LogP contribution is 2.31. The number of hydrogen-bond donors (Lipinski definition) is 3. The minimum atomic E-state index is -0.418. The summed E-state index contributed by atoms with van der Waals surface area (Å²) in [6, 6.07) is 7.89. The fourth-order valence-electron chi connectivity index (χ4n) is 3.01. The fraction of sp³-hybridized carbons (Fsp3) is 0.579. The Bertz CT molecular complexity index is 619. The molecule has 0 fully saturated rings. The zero-order valence-corrected chi connectivity index (χ0v) is 15.8. The number of hydrogen-bond acceptors (Lipinski definition) is 4. The molecule has 1 heterocycles. The Hall–Kier alpha value is -2.44. The summed E-state index contributed by atoms with van der Waals surface area (Å²) in [5.74, 6) is 1.67. The normalized spacial score (nSPS) is 17.8. The zero-order valence-electron chi connectivity index (χ0n) is 15.8. The first-order valence-corrected chi connectivity index (χ1v) is 9.21. The van der Waals surface area contributed by atoms with Crippen LogP contribution in [-0.2, 0) is 4.74 Å². The summed E-state index contributed by atoms with van der Waals surface area (Å²) in [5, 5.41) is 6.12. The summed E-state index contributed by atoms with van der Waals surface area (Å²) in [6.45, 7) is 7.37. The van der Waals surface area contributed by atoms with Crippen molar-refractivity contribution in [1.29, 1.82) is 0 Å². The Morgan fingerprint density at radius 1 is 1.42 bits per heavy atom. The summed E-state index contributed by atoms with van der Waals surface area (Å²) in [5.41, 5.74) is 7.17. The van der Waals surface area contributed by atoms with Crippen molar-refractivity contribution in [3.63, 3.8) is 0 Å². The van der Waals surface area contributed by atoms with Crippen molar-refractivity contribution in [1.82, 2.24) is 10.6 Å². The molecular formula is C19H30N4O3. The Labute approximate surface area is 155 Å². The summed E-state index contributed by atoms with van der Waals surface area (Å²) in [6.07, 6.45) is 1.21. The number of carbonyl (C=O) groups is 1. The van der Waals surface area contributed by atoms with Crippen LogP contribution >= 0.6 is 0 Å². The van der Waals surface area contributed by atoms with E-state index in [0.29, 0.717) is 31.6 Å². The summed E-state index contributed by atoms with van der Waals surface area (Å²) >= 11 is 0. The van der Waals surface area contributed by atoms with Gasteiger partial charge in [0.15, 0.2) is 5.96 Å². The van der Waals surface area contributed by atoms with E-state index >= 15 is 0 Å². The Balaban J connectivity index is 1.95. The lowest BCUT2D eigenvalue weighted by molar-refractivity contribution is 0.147. The Morgan fingerprint density at radius 3 is 2.92 bits per heavy atom. The van der Waals surface area contributed by atoms with Crippen molar-refractivity contribution in [3.05, 3.63) is 29.8 Å². The first-order valence-electron chi connectivity index (χ1n) is 9.21. The SMILES string of the molecule is CCOC(=O)NC(CN=C(N)NC1CCOc2ccccc21)CC(C)C. The van der Waals surface area contributed by atoms with Crippen LogP contribution in [-0.4, -0.2) is 37.9 Å². The molecule has 7 nitrogen and oxygen atoms in total. The lowest BCUT2D eigenvalue weighted by atomic mass is 10.0. The minimum Gasteiger partial charge on any atom is -0.493 e. The topological polar surface area (TPSA) is 98.0 Å². The second kappa shape index (κ2) is 9.89. The van der Waals surface area contributed by atoms with Gasteiger partial charge >= 0.3 is 6.09 Å². The van der Waals surface area contributed by atoms with Gasteiger partial charge in [-0.1, -0.05) is 32.0 Å². The molecule has 4 N–H and O–H groups in total. The number of fused-ring (bicyclic) bond motifs is 1. The molecule has 0 saturated heterocycles. The summed E-state index contributed by atoms with van der Waals surface area (Å²) in [7, 11) is 0. The first-order chi connectivity index (χ1) is 12.5. The van der Waals surface area contributed by atoms with Gasteiger partial charge in [0.1, 0.15) is 5.75 Å². The number of ether oxygens (including phenoxy) is 2. The van der Waals surface area contributed by atoms with E-state index in [2.05, 4.69) is 29.5 Å². The number of amides is 1. The average Bonchev–Trinajstić information content (AvgIpc) is 2.60. The van der Waals surface area contributed by atoms with Crippen LogP contribution in [0.25, 0.3) is 0 Å². The van der Waals surface area contributed by atoms with E-state index < -0.39 is 6.09 Å². The van der Waals surface area contributed by atoms with E-state index in [1.165, 1.54) is 0 Å². The molecule has 0 saturated carbocycles. The fourth-order valence-corrected chi connectivity index (χ4v) is 3.01. The molecule has 144 valence electrons. The highest BCUT2D eigenvalue weighted by atomic mass is 16.5. The largest absolute Gasteiger partial charge is 0.493 e. The number of nitrogens with one attached hydrogen (secondary N) is 2. The lowest BCUT2D eigenvalue weighted by Crippen LogP contribution is -2.41. The number of guanidine groups is 1. The molecule has 0 aromatic heterocycles. The van der Waals surface area contributed by atoms with Crippen molar-refractivity contribution in [2.45, 2.75) is 45.7 Å². The Morgan fingerprint density at radius 2 is 2.19 bits per heavy atom. The molecule has 2 rings (SSSR count). The highest BCUT2D eigenvalue weighted by molar-refractivity contribution is 5.78. The maximum absolute atomic E-state index is 11.7. The van der Waals surface area contributed by atoms with Crippen molar-refractivity contribution >= 4 is 12.1 Å². The quantitative estimate of drug-likeness (QED) is 0.511. The van der Waals surface area contributed by atoms with Gasteiger partial charge in [-0.05, 0) is 25.3 Å². The number of benzene rings is 1. The summed E-state index contributed by atoms with van der Waals surface area (Å²) < 4.78 is 10.6. The van der Waals surface area contributed by atoms with Gasteiger partial charge in [0.2, 0.25) is 0 Å². The zero-order chi connectivity index (χ0) is 18.9. The number of alkyl carbamates (subject to hydrolysis) is 1. The molecule has 1 aliphatic heterocycles.